The average molecular weight is 604 g/mol. The van der Waals surface area contributed by atoms with Gasteiger partial charge in [0.2, 0.25) is 0 Å². The molecule has 1 aromatic carbocycles. The number of hydrogen-bond acceptors (Lipinski definition) is 8. The normalized spacial score (nSPS) is 23.2. The number of fused-ring (bicyclic) bond motifs is 1. The zero-order chi connectivity index (χ0) is 30.4. The van der Waals surface area contributed by atoms with Gasteiger partial charge in [-0.05, 0) is 45.4 Å². The minimum Gasteiger partial charge on any atom is -0.491 e. The van der Waals surface area contributed by atoms with E-state index in [1.165, 1.54) is 0 Å². The van der Waals surface area contributed by atoms with E-state index in [1.54, 1.807) is 18.2 Å². The van der Waals surface area contributed by atoms with E-state index in [9.17, 15) is 13.9 Å². The Morgan fingerprint density at radius 3 is 2.38 bits per heavy atom. The molecule has 0 saturated carbocycles. The van der Waals surface area contributed by atoms with Gasteiger partial charge in [0.15, 0.2) is 5.82 Å². The Morgan fingerprint density at radius 1 is 1.10 bits per heavy atom. The van der Waals surface area contributed by atoms with Crippen LogP contribution in [0.2, 0.25) is 5.02 Å². The van der Waals surface area contributed by atoms with Crippen molar-refractivity contribution in [1.82, 2.24) is 20.0 Å². The van der Waals surface area contributed by atoms with Gasteiger partial charge >= 0.3 is 0 Å². The molecule has 2 aromatic heterocycles. The summed E-state index contributed by atoms with van der Waals surface area (Å²) < 4.78 is 37.8. The molecule has 4 heterocycles. The predicted octanol–water partition coefficient (Wildman–Crippen LogP) is 6.33. The van der Waals surface area contributed by atoms with Crippen LogP contribution in [0.5, 0.6) is 5.75 Å². The highest BCUT2D eigenvalue weighted by atomic mass is 35.5. The Labute approximate surface area is 251 Å². The van der Waals surface area contributed by atoms with E-state index >= 15 is 0 Å². The molecule has 0 unspecified atom stereocenters. The van der Waals surface area contributed by atoms with Crippen LogP contribution in [0.1, 0.15) is 50.6 Å². The first-order chi connectivity index (χ1) is 19.8. The number of anilines is 1. The fourth-order valence-electron chi connectivity index (χ4n) is 6.65. The van der Waals surface area contributed by atoms with Gasteiger partial charge in [0.1, 0.15) is 23.9 Å². The SMILES string of the molecule is CCC[C@@H](O)COc1ccc(Cl)c(-c2nc(-c3c(C)noc3C)c(C)c(N3C[C@]4(C)CN(CC(F)F)C[C@]4(C)C3)n2)c1. The average Bonchev–Trinajstić information content (AvgIpc) is 3.46. The molecule has 2 aliphatic heterocycles. The van der Waals surface area contributed by atoms with E-state index in [-0.39, 0.29) is 24.0 Å². The van der Waals surface area contributed by atoms with Gasteiger partial charge in [0.25, 0.3) is 6.43 Å². The van der Waals surface area contributed by atoms with Gasteiger partial charge in [0.05, 0.1) is 34.6 Å². The Bertz CT molecular complexity index is 1410. The zero-order valence-electron chi connectivity index (χ0n) is 25.2. The highest BCUT2D eigenvalue weighted by Crippen LogP contribution is 2.53. The van der Waals surface area contributed by atoms with Crippen molar-refractivity contribution >= 4 is 17.4 Å². The number of benzene rings is 1. The first kappa shape index (κ1) is 30.6. The number of likely N-dealkylation sites (tertiary alicyclic amines) is 1. The summed E-state index contributed by atoms with van der Waals surface area (Å²) in [6.45, 7) is 14.7. The van der Waals surface area contributed by atoms with Gasteiger partial charge < -0.3 is 19.3 Å². The topological polar surface area (TPSA) is 87.7 Å². The molecule has 0 amide bonds. The number of aliphatic hydroxyl groups is 1. The van der Waals surface area contributed by atoms with Gasteiger partial charge in [-0.1, -0.05) is 43.9 Å². The molecule has 0 radical (unpaired) electrons. The van der Waals surface area contributed by atoms with Crippen molar-refractivity contribution in [3.63, 3.8) is 0 Å². The Balaban J connectivity index is 1.56. The van der Waals surface area contributed by atoms with E-state index in [4.69, 9.17) is 30.8 Å². The molecule has 3 aromatic rings. The summed E-state index contributed by atoms with van der Waals surface area (Å²) in [6, 6.07) is 5.32. The lowest BCUT2D eigenvalue weighted by Gasteiger charge is -2.30. The smallest absolute Gasteiger partial charge is 0.251 e. The minimum absolute atomic E-state index is 0.173. The fourth-order valence-corrected chi connectivity index (χ4v) is 6.85. The predicted molar refractivity (Wildman–Crippen MR) is 159 cm³/mol. The van der Waals surface area contributed by atoms with Crippen LogP contribution >= 0.6 is 11.6 Å². The molecule has 5 rings (SSSR count). The summed E-state index contributed by atoms with van der Waals surface area (Å²) >= 11 is 6.72. The van der Waals surface area contributed by atoms with Crippen LogP contribution in [0.15, 0.2) is 22.7 Å². The highest BCUT2D eigenvalue weighted by molar-refractivity contribution is 6.33. The molecule has 0 spiro atoms. The number of halogens is 3. The maximum atomic E-state index is 13.2. The lowest BCUT2D eigenvalue weighted by atomic mass is 9.71. The van der Waals surface area contributed by atoms with E-state index in [1.807, 2.05) is 32.6 Å². The molecular formula is C31H40ClF2N5O3. The molecule has 11 heteroatoms. The standard InChI is InChI=1S/C31H40ClF2N5O3/c1-7-8-21(40)13-41-22-9-10-24(32)23(11-22)28-35-27(26-19(3)37-42-20(26)4)18(2)29(36-28)39-16-30(5)14-38(12-25(33)34)15-31(30,6)17-39/h9-11,21,25,40H,7-8,12-17H2,1-6H3/t21-,30-,31+/m1/s1. The molecule has 0 aliphatic carbocycles. The summed E-state index contributed by atoms with van der Waals surface area (Å²) in [5.74, 6) is 2.41. The summed E-state index contributed by atoms with van der Waals surface area (Å²) in [4.78, 5) is 14.2. The molecule has 2 saturated heterocycles. The third-order valence-corrected chi connectivity index (χ3v) is 9.34. The van der Waals surface area contributed by atoms with Crippen molar-refractivity contribution in [3.05, 3.63) is 40.2 Å². The molecule has 228 valence electrons. The molecule has 1 N–H and O–H groups in total. The van der Waals surface area contributed by atoms with Crippen LogP contribution in [0.3, 0.4) is 0 Å². The van der Waals surface area contributed by atoms with Crippen LogP contribution in [0, 0.1) is 31.6 Å². The lowest BCUT2D eigenvalue weighted by molar-refractivity contribution is 0.0932. The highest BCUT2D eigenvalue weighted by Gasteiger charge is 2.58. The number of aryl methyl sites for hydroxylation is 2. The van der Waals surface area contributed by atoms with E-state index < -0.39 is 12.5 Å². The van der Waals surface area contributed by atoms with Crippen LogP contribution in [0.25, 0.3) is 22.6 Å². The van der Waals surface area contributed by atoms with E-state index in [2.05, 4.69) is 23.9 Å². The van der Waals surface area contributed by atoms with Crippen molar-refractivity contribution < 1.29 is 23.1 Å². The van der Waals surface area contributed by atoms with Crippen molar-refractivity contribution in [2.45, 2.75) is 66.9 Å². The first-order valence-corrected chi connectivity index (χ1v) is 14.9. The number of nitrogens with zero attached hydrogens (tertiary/aromatic N) is 5. The van der Waals surface area contributed by atoms with Gasteiger partial charge in [0, 0.05) is 48.1 Å². The van der Waals surface area contributed by atoms with Crippen molar-refractivity contribution in [2.24, 2.45) is 10.8 Å². The quantitative estimate of drug-likeness (QED) is 0.288. The summed E-state index contributed by atoms with van der Waals surface area (Å²) in [5.41, 5.74) is 3.35. The van der Waals surface area contributed by atoms with Crippen LogP contribution < -0.4 is 9.64 Å². The Kier molecular flexibility index (Phi) is 8.53. The van der Waals surface area contributed by atoms with Crippen molar-refractivity contribution in [2.75, 3.05) is 44.2 Å². The van der Waals surface area contributed by atoms with Crippen LogP contribution in [-0.2, 0) is 0 Å². The molecule has 2 fully saturated rings. The van der Waals surface area contributed by atoms with Crippen LogP contribution in [-0.4, -0.2) is 77.0 Å². The molecule has 2 aliphatic rings. The first-order valence-electron chi connectivity index (χ1n) is 14.5. The second kappa shape index (κ2) is 11.7. The maximum Gasteiger partial charge on any atom is 0.251 e. The Hall–Kier alpha value is -2.82. The van der Waals surface area contributed by atoms with Crippen molar-refractivity contribution in [3.8, 4) is 28.4 Å². The van der Waals surface area contributed by atoms with Crippen molar-refractivity contribution in [1.29, 1.82) is 0 Å². The number of ether oxygens (including phenoxy) is 1. The van der Waals surface area contributed by atoms with E-state index in [0.29, 0.717) is 66.2 Å². The second-order valence-electron chi connectivity index (χ2n) is 12.5. The molecule has 0 bridgehead atoms. The Morgan fingerprint density at radius 2 is 1.79 bits per heavy atom. The van der Waals surface area contributed by atoms with Gasteiger partial charge in [-0.25, -0.2) is 18.7 Å². The fraction of sp³-hybridized carbons (Fsp3) is 0.581. The molecule has 42 heavy (non-hydrogen) atoms. The lowest BCUT2D eigenvalue weighted by Crippen LogP contribution is -2.35. The zero-order valence-corrected chi connectivity index (χ0v) is 25.9. The van der Waals surface area contributed by atoms with Gasteiger partial charge in [-0.2, -0.15) is 0 Å². The number of aromatic nitrogens is 3. The number of rotatable bonds is 10. The summed E-state index contributed by atoms with van der Waals surface area (Å²) in [5, 5.41) is 14.8. The maximum absolute atomic E-state index is 13.2. The van der Waals surface area contributed by atoms with Gasteiger partial charge in [-0.15, -0.1) is 0 Å². The largest absolute Gasteiger partial charge is 0.491 e. The van der Waals surface area contributed by atoms with Crippen LogP contribution in [0.4, 0.5) is 14.6 Å². The number of hydrogen-bond donors (Lipinski definition) is 1. The minimum atomic E-state index is -2.35. The molecule has 3 atom stereocenters. The summed E-state index contributed by atoms with van der Waals surface area (Å²) in [7, 11) is 0. The third kappa shape index (κ3) is 5.73. The monoisotopic (exact) mass is 603 g/mol. The van der Waals surface area contributed by atoms with E-state index in [0.717, 1.165) is 29.1 Å². The molecular weight excluding hydrogens is 564 g/mol. The molecule has 8 nitrogen and oxygen atoms in total. The summed E-state index contributed by atoms with van der Waals surface area (Å²) in [6.07, 6.45) is -1.40. The second-order valence-corrected chi connectivity index (χ2v) is 12.9. The van der Waals surface area contributed by atoms with Gasteiger partial charge in [-0.3, -0.25) is 4.90 Å². The third-order valence-electron chi connectivity index (χ3n) is 9.01. The number of aliphatic hydroxyl groups excluding tert-OH is 1. The number of alkyl halides is 2.